The van der Waals surface area contributed by atoms with Gasteiger partial charge < -0.3 is 15.4 Å². The highest BCUT2D eigenvalue weighted by atomic mass is 35.5. The molecule has 28 heavy (non-hydrogen) atoms. The fourth-order valence-corrected chi connectivity index (χ4v) is 4.58. The second kappa shape index (κ2) is 10.1. The minimum absolute atomic E-state index is 0. The molecule has 3 aliphatic rings. The minimum Gasteiger partial charge on any atom is -0.492 e. The monoisotopic (exact) mass is 429 g/mol. The van der Waals surface area contributed by atoms with Gasteiger partial charge in [-0.05, 0) is 80.9 Å². The quantitative estimate of drug-likeness (QED) is 0.725. The summed E-state index contributed by atoms with van der Waals surface area (Å²) >= 11 is 0. The van der Waals surface area contributed by atoms with Crippen LogP contribution in [0.2, 0.25) is 0 Å². The van der Waals surface area contributed by atoms with E-state index >= 15 is 0 Å². The first kappa shape index (κ1) is 23.3. The predicted molar refractivity (Wildman–Crippen MR) is 118 cm³/mol. The molecule has 2 N–H and O–H groups in total. The third kappa shape index (κ3) is 5.53. The van der Waals surface area contributed by atoms with Gasteiger partial charge in [-0.15, -0.1) is 24.8 Å². The number of hydrogen-bond acceptors (Lipinski definition) is 4. The molecule has 2 heterocycles. The molecular weight excluding hydrogens is 397 g/mol. The average molecular weight is 430 g/mol. The molecule has 1 aromatic rings. The molecule has 1 aliphatic carbocycles. The first-order chi connectivity index (χ1) is 12.6. The second-order valence-electron chi connectivity index (χ2n) is 8.43. The number of rotatable bonds is 6. The average Bonchev–Trinajstić information content (AvgIpc) is 3.17. The van der Waals surface area contributed by atoms with E-state index in [1.165, 1.54) is 19.5 Å². The molecule has 1 spiro atoms. The second-order valence-corrected chi connectivity index (χ2v) is 8.43. The number of benzene rings is 1. The van der Waals surface area contributed by atoms with E-state index in [4.69, 9.17) is 4.74 Å². The third-order valence-electron chi connectivity index (χ3n) is 6.41. The lowest BCUT2D eigenvalue weighted by atomic mass is 9.92. The number of nitrogens with zero attached hydrogens (tertiary/aromatic N) is 1. The Balaban J connectivity index is 0.00000140. The number of carbonyl (C=O) groups excluding carboxylic acids is 1. The van der Waals surface area contributed by atoms with Crippen molar-refractivity contribution in [1.82, 2.24) is 10.2 Å². The molecule has 1 amide bonds. The van der Waals surface area contributed by atoms with E-state index in [1.54, 1.807) is 0 Å². The largest absolute Gasteiger partial charge is 0.492 e. The maximum atomic E-state index is 12.5. The van der Waals surface area contributed by atoms with Crippen molar-refractivity contribution in [1.29, 1.82) is 0 Å². The number of piperidine rings is 1. The normalized spacial score (nSPS) is 25.5. The fourth-order valence-electron chi connectivity index (χ4n) is 4.58. The molecular formula is C21H33Cl2N3O2. The Morgan fingerprint density at radius 2 is 1.96 bits per heavy atom. The molecule has 2 aliphatic heterocycles. The summed E-state index contributed by atoms with van der Waals surface area (Å²) in [5, 5.41) is 6.47. The van der Waals surface area contributed by atoms with E-state index in [1.807, 2.05) is 24.3 Å². The van der Waals surface area contributed by atoms with Gasteiger partial charge in [0.05, 0.1) is 0 Å². The predicted octanol–water partition coefficient (Wildman–Crippen LogP) is 3.58. The maximum Gasteiger partial charge on any atom is 0.228 e. The summed E-state index contributed by atoms with van der Waals surface area (Å²) in [4.78, 5) is 15.0. The first-order valence-corrected chi connectivity index (χ1v) is 10.1. The van der Waals surface area contributed by atoms with Crippen LogP contribution in [0.5, 0.6) is 5.75 Å². The molecule has 2 saturated heterocycles. The lowest BCUT2D eigenvalue weighted by Gasteiger charge is -2.23. The number of carbonyl (C=O) groups is 1. The van der Waals surface area contributed by atoms with Crippen LogP contribution in [0.4, 0.5) is 5.69 Å². The molecule has 0 radical (unpaired) electrons. The highest BCUT2D eigenvalue weighted by molar-refractivity contribution is 5.95. The Morgan fingerprint density at radius 1 is 1.25 bits per heavy atom. The molecule has 1 aromatic carbocycles. The highest BCUT2D eigenvalue weighted by Gasteiger charge is 2.57. The molecule has 5 nitrogen and oxygen atoms in total. The van der Waals surface area contributed by atoms with Crippen LogP contribution in [0.1, 0.15) is 32.6 Å². The van der Waals surface area contributed by atoms with Gasteiger partial charge in [0.2, 0.25) is 5.91 Å². The zero-order valence-corrected chi connectivity index (χ0v) is 18.2. The van der Waals surface area contributed by atoms with Crippen molar-refractivity contribution in [2.45, 2.75) is 32.6 Å². The topological polar surface area (TPSA) is 53.6 Å². The van der Waals surface area contributed by atoms with E-state index < -0.39 is 0 Å². The van der Waals surface area contributed by atoms with Gasteiger partial charge in [0, 0.05) is 24.7 Å². The number of nitrogens with one attached hydrogen (secondary N) is 2. The van der Waals surface area contributed by atoms with Crippen LogP contribution in [-0.2, 0) is 4.79 Å². The lowest BCUT2D eigenvalue weighted by molar-refractivity contribution is -0.118. The number of anilines is 1. The van der Waals surface area contributed by atoms with Crippen molar-refractivity contribution < 1.29 is 9.53 Å². The number of amides is 1. The van der Waals surface area contributed by atoms with Gasteiger partial charge in [-0.1, -0.05) is 6.92 Å². The number of hydrogen-bond donors (Lipinski definition) is 2. The first-order valence-electron chi connectivity index (χ1n) is 10.1. The summed E-state index contributed by atoms with van der Waals surface area (Å²) in [6, 6.07) is 7.80. The number of ether oxygens (including phenoxy) is 1. The van der Waals surface area contributed by atoms with Crippen molar-refractivity contribution in [3.63, 3.8) is 0 Å². The number of halogens is 2. The molecule has 0 bridgehead atoms. The van der Waals surface area contributed by atoms with Crippen molar-refractivity contribution in [3.05, 3.63) is 24.3 Å². The molecule has 3 fully saturated rings. The Kier molecular flexibility index (Phi) is 8.44. The summed E-state index contributed by atoms with van der Waals surface area (Å²) in [5.74, 6) is 2.07. The van der Waals surface area contributed by atoms with E-state index in [9.17, 15) is 4.79 Å². The summed E-state index contributed by atoms with van der Waals surface area (Å²) in [6.45, 7) is 8.49. The molecule has 158 valence electrons. The summed E-state index contributed by atoms with van der Waals surface area (Å²) in [6.07, 6.45) is 4.62. The zero-order valence-electron chi connectivity index (χ0n) is 16.6. The minimum atomic E-state index is 0. The van der Waals surface area contributed by atoms with Gasteiger partial charge in [0.15, 0.2) is 0 Å². The Hall–Kier alpha value is -1.01. The van der Waals surface area contributed by atoms with Gasteiger partial charge in [-0.2, -0.15) is 0 Å². The van der Waals surface area contributed by atoms with Crippen LogP contribution in [0.15, 0.2) is 24.3 Å². The van der Waals surface area contributed by atoms with Crippen molar-refractivity contribution in [2.75, 3.05) is 44.6 Å². The summed E-state index contributed by atoms with van der Waals surface area (Å²) in [5.41, 5.74) is 1.15. The zero-order chi connectivity index (χ0) is 18.0. The van der Waals surface area contributed by atoms with Gasteiger partial charge in [0.25, 0.3) is 0 Å². The fraction of sp³-hybridized carbons (Fsp3) is 0.667. The molecule has 7 heteroatoms. The van der Waals surface area contributed by atoms with Gasteiger partial charge in [0.1, 0.15) is 12.4 Å². The molecule has 2 atom stereocenters. The summed E-state index contributed by atoms with van der Waals surface area (Å²) < 4.78 is 5.85. The van der Waals surface area contributed by atoms with E-state index in [0.717, 1.165) is 62.9 Å². The van der Waals surface area contributed by atoms with Crippen LogP contribution in [0, 0.1) is 17.3 Å². The van der Waals surface area contributed by atoms with Crippen molar-refractivity contribution >= 4 is 36.4 Å². The smallest absolute Gasteiger partial charge is 0.228 e. The van der Waals surface area contributed by atoms with E-state index in [-0.39, 0.29) is 42.1 Å². The van der Waals surface area contributed by atoms with Crippen LogP contribution >= 0.6 is 24.8 Å². The van der Waals surface area contributed by atoms with Gasteiger partial charge >= 0.3 is 0 Å². The van der Waals surface area contributed by atoms with Gasteiger partial charge in [-0.25, -0.2) is 0 Å². The van der Waals surface area contributed by atoms with Crippen LogP contribution in [0.3, 0.4) is 0 Å². The molecule has 4 rings (SSSR count). The Bertz CT molecular complexity index is 635. The summed E-state index contributed by atoms with van der Waals surface area (Å²) in [7, 11) is 0. The number of likely N-dealkylation sites (tertiary alicyclic amines) is 1. The van der Waals surface area contributed by atoms with Crippen LogP contribution < -0.4 is 15.4 Å². The third-order valence-corrected chi connectivity index (χ3v) is 6.41. The SMILES string of the molecule is CC1CCN(CCOc2ccc(NC(=O)C3CC34CCNCC4)cc2)C1.Cl.Cl. The maximum absolute atomic E-state index is 12.5. The molecule has 2 unspecified atom stereocenters. The van der Waals surface area contributed by atoms with E-state index in [0.29, 0.717) is 0 Å². The van der Waals surface area contributed by atoms with E-state index in [2.05, 4.69) is 22.5 Å². The van der Waals surface area contributed by atoms with Crippen LogP contribution in [-0.4, -0.2) is 50.1 Å². The molecule has 1 saturated carbocycles. The van der Waals surface area contributed by atoms with Crippen LogP contribution in [0.25, 0.3) is 0 Å². The van der Waals surface area contributed by atoms with Crippen molar-refractivity contribution in [3.8, 4) is 5.75 Å². The molecule has 0 aromatic heterocycles. The standard InChI is InChI=1S/C21H31N3O2.2ClH/c1-16-6-11-24(15-16)12-13-26-18-4-2-17(3-5-18)23-20(25)19-14-21(19)7-9-22-10-8-21;;/h2-5,16,19,22H,6-15H2,1H3,(H,23,25);2*1H. The lowest BCUT2D eigenvalue weighted by Crippen LogP contribution is -2.31. The van der Waals surface area contributed by atoms with Crippen molar-refractivity contribution in [2.24, 2.45) is 17.3 Å². The Labute approximate surface area is 180 Å². The Morgan fingerprint density at radius 3 is 2.61 bits per heavy atom. The van der Waals surface area contributed by atoms with Gasteiger partial charge in [-0.3, -0.25) is 9.69 Å². The highest BCUT2D eigenvalue weighted by Crippen LogP contribution is 2.58.